The Bertz CT molecular complexity index is 1440. The third kappa shape index (κ3) is 5.11. The number of nitrogens with zero attached hydrogens (tertiary/aromatic N) is 4. The summed E-state index contributed by atoms with van der Waals surface area (Å²) in [5.74, 6) is -0.548. The molecule has 7 nitrogen and oxygen atoms in total. The third-order valence-corrected chi connectivity index (χ3v) is 7.06. The van der Waals surface area contributed by atoms with Crippen molar-refractivity contribution in [2.75, 3.05) is 0 Å². The molecule has 2 aromatic carbocycles. The van der Waals surface area contributed by atoms with Gasteiger partial charge in [-0.1, -0.05) is 34.4 Å². The number of hydrogen-bond donors (Lipinski definition) is 0. The van der Waals surface area contributed by atoms with Crippen molar-refractivity contribution in [3.8, 4) is 5.69 Å². The largest absolute Gasteiger partial charge is 0.391 e. The van der Waals surface area contributed by atoms with E-state index in [1.54, 1.807) is 49.5 Å². The number of pyridine rings is 1. The predicted molar refractivity (Wildman–Crippen MR) is 127 cm³/mol. The number of aromatic nitrogens is 3. The van der Waals surface area contributed by atoms with Crippen molar-refractivity contribution >= 4 is 39.3 Å². The number of oxime groups is 1. The molecule has 0 aliphatic carbocycles. The quantitative estimate of drug-likeness (QED) is 0.141. The zero-order valence-electron chi connectivity index (χ0n) is 17.7. The minimum absolute atomic E-state index is 0.0909. The average molecular weight is 519 g/mol. The lowest BCUT2D eigenvalue weighted by atomic mass is 10.3. The van der Waals surface area contributed by atoms with Crippen LogP contribution in [0.15, 0.2) is 81.9 Å². The molecule has 0 N–H and O–H groups in total. The van der Waals surface area contributed by atoms with Crippen molar-refractivity contribution in [2.24, 2.45) is 5.16 Å². The van der Waals surface area contributed by atoms with Gasteiger partial charge in [0.1, 0.15) is 17.6 Å². The molecule has 34 heavy (non-hydrogen) atoms. The maximum atomic E-state index is 13.6. The topological polar surface area (TPSA) is 86.4 Å². The van der Waals surface area contributed by atoms with Crippen molar-refractivity contribution in [3.63, 3.8) is 0 Å². The Morgan fingerprint density at radius 2 is 1.76 bits per heavy atom. The lowest BCUT2D eigenvalue weighted by Gasteiger charge is -2.10. The first-order valence-electron chi connectivity index (χ1n) is 9.87. The molecule has 2 heterocycles. The molecule has 0 bridgehead atoms. The molecule has 0 aliphatic heterocycles. The summed E-state index contributed by atoms with van der Waals surface area (Å²) in [5.41, 5.74) is 1.83. The van der Waals surface area contributed by atoms with E-state index in [4.69, 9.17) is 28.0 Å². The summed E-state index contributed by atoms with van der Waals surface area (Å²) >= 11 is 11.8. The summed E-state index contributed by atoms with van der Waals surface area (Å²) < 4.78 is 41.9. The van der Waals surface area contributed by atoms with E-state index >= 15 is 0 Å². The summed E-state index contributed by atoms with van der Waals surface area (Å²) in [6.07, 6.45) is 2.83. The maximum Gasteiger partial charge on any atom is 0.224 e. The van der Waals surface area contributed by atoms with Gasteiger partial charge in [-0.05, 0) is 61.5 Å². The van der Waals surface area contributed by atoms with Crippen LogP contribution in [-0.2, 0) is 21.3 Å². The molecule has 0 saturated carbocycles. The fourth-order valence-electron chi connectivity index (χ4n) is 3.10. The second kappa shape index (κ2) is 9.92. The van der Waals surface area contributed by atoms with Gasteiger partial charge in [-0.15, -0.1) is 0 Å². The van der Waals surface area contributed by atoms with Gasteiger partial charge in [0, 0.05) is 16.8 Å². The molecule has 0 radical (unpaired) electrons. The molecule has 174 valence electrons. The van der Waals surface area contributed by atoms with Gasteiger partial charge >= 0.3 is 0 Å². The molecular formula is C23H17Cl2FN4O3S. The molecule has 0 unspecified atom stereocenters. The van der Waals surface area contributed by atoms with Gasteiger partial charge in [-0.3, -0.25) is 0 Å². The molecule has 0 aliphatic rings. The van der Waals surface area contributed by atoms with Gasteiger partial charge in [0.15, 0.2) is 5.03 Å². The molecule has 0 atom stereocenters. The highest BCUT2D eigenvalue weighted by Gasteiger charge is 2.29. The molecule has 4 aromatic rings. The lowest BCUT2D eigenvalue weighted by molar-refractivity contribution is 0.132. The zero-order chi connectivity index (χ0) is 24.3. The Morgan fingerprint density at radius 1 is 1.06 bits per heavy atom. The molecule has 2 aromatic heterocycles. The smallest absolute Gasteiger partial charge is 0.224 e. The fourth-order valence-corrected chi connectivity index (χ4v) is 4.92. The van der Waals surface area contributed by atoms with E-state index < -0.39 is 15.7 Å². The molecule has 0 spiro atoms. The predicted octanol–water partition coefficient (Wildman–Crippen LogP) is 5.41. The summed E-state index contributed by atoms with van der Waals surface area (Å²) in [7, 11) is -4.12. The monoisotopic (exact) mass is 518 g/mol. The zero-order valence-corrected chi connectivity index (χ0v) is 20.0. The van der Waals surface area contributed by atoms with Crippen LogP contribution in [0, 0.1) is 12.7 Å². The van der Waals surface area contributed by atoms with Crippen LogP contribution in [0.1, 0.15) is 16.8 Å². The van der Waals surface area contributed by atoms with Gasteiger partial charge in [0.05, 0.1) is 28.1 Å². The molecule has 0 amide bonds. The average Bonchev–Trinajstić information content (AvgIpc) is 3.15. The molecular weight excluding hydrogens is 502 g/mol. The SMILES string of the molecule is Cc1nn(-c2ccc(Cl)cc2)c(S(=O)(=O)c2ccc(F)cc2)c1/C=N/OCc1ccc(Cl)nc1. The Morgan fingerprint density at radius 3 is 2.41 bits per heavy atom. The molecule has 0 fully saturated rings. The van der Waals surface area contributed by atoms with Gasteiger partial charge in [0.2, 0.25) is 9.84 Å². The van der Waals surface area contributed by atoms with E-state index in [-0.39, 0.29) is 22.1 Å². The Labute approximate surface area is 205 Å². The number of rotatable bonds is 7. The number of hydrogen-bond acceptors (Lipinski definition) is 6. The van der Waals surface area contributed by atoms with Crippen molar-refractivity contribution in [1.29, 1.82) is 0 Å². The van der Waals surface area contributed by atoms with Crippen LogP contribution < -0.4 is 0 Å². The molecule has 11 heteroatoms. The van der Waals surface area contributed by atoms with Crippen molar-refractivity contribution < 1.29 is 17.6 Å². The highest BCUT2D eigenvalue weighted by atomic mass is 35.5. The van der Waals surface area contributed by atoms with Gasteiger partial charge in [-0.25, -0.2) is 22.5 Å². The van der Waals surface area contributed by atoms with Crippen LogP contribution in [0.5, 0.6) is 0 Å². The number of benzene rings is 2. The van der Waals surface area contributed by atoms with E-state index in [0.29, 0.717) is 21.6 Å². The lowest BCUT2D eigenvalue weighted by Crippen LogP contribution is -2.12. The summed E-state index contributed by atoms with van der Waals surface area (Å²) in [5, 5.41) is 9.06. The van der Waals surface area contributed by atoms with E-state index in [1.807, 2.05) is 0 Å². The van der Waals surface area contributed by atoms with Crippen LogP contribution in [0.25, 0.3) is 5.69 Å². The van der Waals surface area contributed by atoms with Gasteiger partial charge < -0.3 is 4.84 Å². The highest BCUT2D eigenvalue weighted by Crippen LogP contribution is 2.28. The first kappa shape index (κ1) is 23.9. The highest BCUT2D eigenvalue weighted by molar-refractivity contribution is 7.91. The Kier molecular flexibility index (Phi) is 6.97. The van der Waals surface area contributed by atoms with Crippen LogP contribution >= 0.6 is 23.2 Å². The number of halogens is 3. The van der Waals surface area contributed by atoms with Crippen molar-refractivity contribution in [2.45, 2.75) is 23.5 Å². The standard InChI is InChI=1S/C23H17Cl2FN4O3S/c1-15-21(13-28-33-14-16-2-11-22(25)27-12-16)23(30(29-15)19-7-3-17(24)4-8-19)34(31,32)20-9-5-18(26)6-10-20/h2-13H,14H2,1H3/b28-13+. The van der Waals surface area contributed by atoms with E-state index in [2.05, 4.69) is 15.2 Å². The second-order valence-corrected chi connectivity index (χ2v) is 9.84. The van der Waals surface area contributed by atoms with E-state index in [9.17, 15) is 12.8 Å². The van der Waals surface area contributed by atoms with Crippen molar-refractivity contribution in [3.05, 3.63) is 99.7 Å². The molecule has 0 saturated heterocycles. The second-order valence-electron chi connectivity index (χ2n) is 7.15. The van der Waals surface area contributed by atoms with E-state index in [1.165, 1.54) is 23.0 Å². The number of sulfone groups is 1. The van der Waals surface area contributed by atoms with Crippen LogP contribution in [0.3, 0.4) is 0 Å². The van der Waals surface area contributed by atoms with Crippen LogP contribution in [0.2, 0.25) is 10.2 Å². The number of aryl methyl sites for hydroxylation is 1. The third-order valence-electron chi connectivity index (χ3n) is 4.79. The Balaban J connectivity index is 1.75. The maximum absolute atomic E-state index is 13.6. The fraction of sp³-hybridized carbons (Fsp3) is 0.0870. The normalized spacial score (nSPS) is 11.8. The van der Waals surface area contributed by atoms with Crippen LogP contribution in [0.4, 0.5) is 4.39 Å². The minimum Gasteiger partial charge on any atom is -0.391 e. The van der Waals surface area contributed by atoms with Gasteiger partial charge in [0.25, 0.3) is 0 Å². The molecule has 4 rings (SSSR count). The Hall–Kier alpha value is -3.27. The van der Waals surface area contributed by atoms with Gasteiger partial charge in [-0.2, -0.15) is 5.10 Å². The van der Waals surface area contributed by atoms with Crippen LogP contribution in [-0.4, -0.2) is 29.4 Å². The minimum atomic E-state index is -4.12. The summed E-state index contributed by atoms with van der Waals surface area (Å²) in [6, 6.07) is 14.5. The first-order valence-corrected chi connectivity index (χ1v) is 12.1. The summed E-state index contributed by atoms with van der Waals surface area (Å²) in [6.45, 7) is 1.76. The summed E-state index contributed by atoms with van der Waals surface area (Å²) in [4.78, 5) is 9.20. The van der Waals surface area contributed by atoms with Crippen molar-refractivity contribution in [1.82, 2.24) is 14.8 Å². The first-order chi connectivity index (χ1) is 16.3. The van der Waals surface area contributed by atoms with E-state index in [0.717, 1.165) is 17.7 Å².